The van der Waals surface area contributed by atoms with Crippen LogP contribution in [0, 0.1) is 5.92 Å². The Labute approximate surface area is 172 Å². The molecule has 0 aromatic heterocycles. The first kappa shape index (κ1) is 21.6. The van der Waals surface area contributed by atoms with Gasteiger partial charge in [0.15, 0.2) is 0 Å². The maximum Gasteiger partial charge on any atom is 0.224 e. The smallest absolute Gasteiger partial charge is 0.224 e. The third-order valence-electron chi connectivity index (χ3n) is 5.91. The number of amides is 2. The number of benzene rings is 1. The zero-order chi connectivity index (χ0) is 20.6. The van der Waals surface area contributed by atoms with Gasteiger partial charge in [-0.15, -0.1) is 0 Å². The fraction of sp³-hybridized carbons (Fsp3) is 0.636. The molecule has 1 aromatic rings. The van der Waals surface area contributed by atoms with E-state index in [-0.39, 0.29) is 29.5 Å². The molecule has 0 bridgehead atoms. The number of nitrogens with zero attached hydrogens (tertiary/aromatic N) is 1. The third kappa shape index (κ3) is 6.72. The summed E-state index contributed by atoms with van der Waals surface area (Å²) in [6.07, 6.45) is 4.27. The van der Waals surface area contributed by atoms with Crippen LogP contribution < -0.4 is 10.6 Å². The molecule has 3 N–H and O–H groups in total. The summed E-state index contributed by atoms with van der Waals surface area (Å²) >= 11 is 0. The second-order valence-electron chi connectivity index (χ2n) is 8.18. The molecular weight excluding hydrogens is 370 g/mol. The normalized spacial score (nSPS) is 23.9. The third-order valence-corrected chi connectivity index (χ3v) is 5.91. The van der Waals surface area contributed by atoms with Crippen LogP contribution >= 0.6 is 0 Å². The Hall–Kier alpha value is -2.12. The Bertz CT molecular complexity index is 673. The second kappa shape index (κ2) is 10.6. The molecule has 0 unspecified atom stereocenters. The van der Waals surface area contributed by atoms with E-state index in [0.717, 1.165) is 64.0 Å². The lowest BCUT2D eigenvalue weighted by atomic mass is 10.00. The molecule has 0 saturated carbocycles. The SMILES string of the molecule is CC(=O)N[C@H]1CC[C@@H](C(=O)NCCc2ccc(O)cc2)CN(C2CCOCC2)C1. The maximum absolute atomic E-state index is 12.9. The number of hydrogen-bond acceptors (Lipinski definition) is 5. The molecule has 7 nitrogen and oxygen atoms in total. The molecule has 1 aromatic carbocycles. The van der Waals surface area contributed by atoms with E-state index in [0.29, 0.717) is 12.6 Å². The quantitative estimate of drug-likeness (QED) is 0.669. The van der Waals surface area contributed by atoms with Gasteiger partial charge in [0.2, 0.25) is 11.8 Å². The van der Waals surface area contributed by atoms with Gasteiger partial charge in [-0.1, -0.05) is 12.1 Å². The lowest BCUT2D eigenvalue weighted by molar-refractivity contribution is -0.126. The van der Waals surface area contributed by atoms with E-state index in [1.165, 1.54) is 0 Å². The van der Waals surface area contributed by atoms with Crippen LogP contribution in [-0.2, 0) is 20.7 Å². The Balaban J connectivity index is 1.56. The van der Waals surface area contributed by atoms with Crippen molar-refractivity contribution >= 4 is 11.8 Å². The number of rotatable bonds is 6. The summed E-state index contributed by atoms with van der Waals surface area (Å²) in [7, 11) is 0. The van der Waals surface area contributed by atoms with Gasteiger partial charge in [-0.25, -0.2) is 0 Å². The largest absolute Gasteiger partial charge is 0.508 e. The zero-order valence-corrected chi connectivity index (χ0v) is 17.2. The number of aromatic hydroxyl groups is 1. The van der Waals surface area contributed by atoms with Gasteiger partial charge in [0, 0.05) is 51.9 Å². The molecule has 2 aliphatic rings. The van der Waals surface area contributed by atoms with E-state index in [4.69, 9.17) is 4.74 Å². The van der Waals surface area contributed by atoms with Gasteiger partial charge in [-0.2, -0.15) is 0 Å². The van der Waals surface area contributed by atoms with E-state index in [2.05, 4.69) is 15.5 Å². The van der Waals surface area contributed by atoms with Crippen molar-refractivity contribution in [1.82, 2.24) is 15.5 Å². The van der Waals surface area contributed by atoms with Crippen LogP contribution in [0.15, 0.2) is 24.3 Å². The Morgan fingerprint density at radius 3 is 2.52 bits per heavy atom. The van der Waals surface area contributed by atoms with Crippen molar-refractivity contribution in [3.8, 4) is 5.75 Å². The molecule has 0 radical (unpaired) electrons. The average molecular weight is 404 g/mol. The summed E-state index contributed by atoms with van der Waals surface area (Å²) in [4.78, 5) is 26.8. The second-order valence-corrected chi connectivity index (χ2v) is 8.18. The molecule has 0 aliphatic carbocycles. The number of likely N-dealkylation sites (tertiary alicyclic amines) is 1. The van der Waals surface area contributed by atoms with Crippen LogP contribution in [0.1, 0.15) is 38.2 Å². The van der Waals surface area contributed by atoms with Crippen LogP contribution in [0.25, 0.3) is 0 Å². The van der Waals surface area contributed by atoms with Crippen molar-refractivity contribution in [3.05, 3.63) is 29.8 Å². The molecule has 0 spiro atoms. The van der Waals surface area contributed by atoms with E-state index >= 15 is 0 Å². The van der Waals surface area contributed by atoms with Gasteiger partial charge in [-0.3, -0.25) is 14.5 Å². The highest BCUT2D eigenvalue weighted by molar-refractivity contribution is 5.79. The highest BCUT2D eigenvalue weighted by atomic mass is 16.5. The number of carbonyl (C=O) groups is 2. The predicted octanol–water partition coefficient (Wildman–Crippen LogP) is 1.45. The average Bonchev–Trinajstić information content (AvgIpc) is 2.92. The predicted molar refractivity (Wildman–Crippen MR) is 111 cm³/mol. The summed E-state index contributed by atoms with van der Waals surface area (Å²) in [5, 5.41) is 15.5. The van der Waals surface area contributed by atoms with Gasteiger partial charge >= 0.3 is 0 Å². The lowest BCUT2D eigenvalue weighted by Gasteiger charge is -2.36. The first-order valence-electron chi connectivity index (χ1n) is 10.7. The summed E-state index contributed by atoms with van der Waals surface area (Å²) in [6, 6.07) is 7.57. The van der Waals surface area contributed by atoms with Gasteiger partial charge < -0.3 is 20.5 Å². The van der Waals surface area contributed by atoms with Gasteiger partial charge in [0.05, 0.1) is 5.92 Å². The van der Waals surface area contributed by atoms with E-state index < -0.39 is 0 Å². The molecule has 2 amide bonds. The number of phenolic OH excluding ortho intramolecular Hbond substituents is 1. The van der Waals surface area contributed by atoms with Crippen molar-refractivity contribution in [2.45, 2.75) is 51.1 Å². The van der Waals surface area contributed by atoms with E-state index in [9.17, 15) is 14.7 Å². The summed E-state index contributed by atoms with van der Waals surface area (Å²) in [6.45, 7) is 5.17. The van der Waals surface area contributed by atoms with Crippen LogP contribution in [0.2, 0.25) is 0 Å². The number of nitrogens with one attached hydrogen (secondary N) is 2. The summed E-state index contributed by atoms with van der Waals surface area (Å²) < 4.78 is 5.50. The Morgan fingerprint density at radius 2 is 1.83 bits per heavy atom. The molecule has 2 heterocycles. The van der Waals surface area contributed by atoms with E-state index in [1.807, 2.05) is 12.1 Å². The van der Waals surface area contributed by atoms with Gasteiger partial charge in [0.1, 0.15) is 5.75 Å². The Kier molecular flexibility index (Phi) is 7.89. The molecule has 3 rings (SSSR count). The molecule has 29 heavy (non-hydrogen) atoms. The first-order valence-corrected chi connectivity index (χ1v) is 10.7. The van der Waals surface area contributed by atoms with Crippen LogP contribution in [0.4, 0.5) is 0 Å². The highest BCUT2D eigenvalue weighted by Gasteiger charge is 2.32. The van der Waals surface area contributed by atoms with Crippen LogP contribution in [0.5, 0.6) is 5.75 Å². The van der Waals surface area contributed by atoms with Gasteiger partial charge in [-0.05, 0) is 49.8 Å². The topological polar surface area (TPSA) is 90.9 Å². The van der Waals surface area contributed by atoms with Crippen LogP contribution in [0.3, 0.4) is 0 Å². The highest BCUT2D eigenvalue weighted by Crippen LogP contribution is 2.23. The van der Waals surface area contributed by atoms with Crippen molar-refractivity contribution in [2.24, 2.45) is 5.92 Å². The zero-order valence-electron chi connectivity index (χ0n) is 17.2. The Morgan fingerprint density at radius 1 is 1.10 bits per heavy atom. The molecule has 7 heteroatoms. The minimum Gasteiger partial charge on any atom is -0.508 e. The van der Waals surface area contributed by atoms with Crippen molar-refractivity contribution in [1.29, 1.82) is 0 Å². The number of ether oxygens (including phenoxy) is 1. The number of carbonyl (C=O) groups excluding carboxylic acids is 2. The minimum absolute atomic E-state index is 0.0151. The number of phenols is 1. The fourth-order valence-electron chi connectivity index (χ4n) is 4.33. The van der Waals surface area contributed by atoms with E-state index in [1.54, 1.807) is 19.1 Å². The fourth-order valence-corrected chi connectivity index (χ4v) is 4.33. The monoisotopic (exact) mass is 403 g/mol. The number of hydrogen-bond donors (Lipinski definition) is 3. The van der Waals surface area contributed by atoms with Gasteiger partial charge in [0.25, 0.3) is 0 Å². The molecule has 160 valence electrons. The first-order chi connectivity index (χ1) is 14.0. The van der Waals surface area contributed by atoms with Crippen molar-refractivity contribution < 1.29 is 19.4 Å². The maximum atomic E-state index is 12.9. The lowest BCUT2D eigenvalue weighted by Crippen LogP contribution is -2.48. The minimum atomic E-state index is -0.0728. The molecule has 2 saturated heterocycles. The molecule has 2 aliphatic heterocycles. The van der Waals surface area contributed by atoms with Crippen LogP contribution in [-0.4, -0.2) is 66.8 Å². The molecule has 2 fully saturated rings. The summed E-state index contributed by atoms with van der Waals surface area (Å²) in [5.74, 6) is 0.248. The van der Waals surface area contributed by atoms with Crippen molar-refractivity contribution in [3.63, 3.8) is 0 Å². The molecule has 2 atom stereocenters. The molecular formula is C22H33N3O4. The standard InChI is InChI=1S/C22H33N3O4/c1-16(26)24-19-5-4-18(14-25(15-19)20-9-12-29-13-10-20)22(28)23-11-8-17-2-6-21(27)7-3-17/h2-3,6-7,18-20,27H,4-5,8-15H2,1H3,(H,23,28)(H,24,26)/t18-,19+/m1/s1. The summed E-state index contributed by atoms with van der Waals surface area (Å²) in [5.41, 5.74) is 1.08. The van der Waals surface area contributed by atoms with Crippen molar-refractivity contribution in [2.75, 3.05) is 32.8 Å².